The molecule has 0 unspecified atom stereocenters. The molecule has 0 aliphatic rings. The summed E-state index contributed by atoms with van der Waals surface area (Å²) < 4.78 is 2.01. The van der Waals surface area contributed by atoms with Gasteiger partial charge >= 0.3 is 0 Å². The maximum Gasteiger partial charge on any atom is 0.258 e. The van der Waals surface area contributed by atoms with E-state index in [1.54, 1.807) is 0 Å². The summed E-state index contributed by atoms with van der Waals surface area (Å²) in [6.07, 6.45) is 4.64. The molecular formula is C9H19CuNOS2. The van der Waals surface area contributed by atoms with E-state index in [2.05, 4.69) is 30.8 Å². The fraction of sp³-hybridized carbons (Fsp3) is 0.889. The topological polar surface area (TPSA) is 20.3 Å². The standard InChI is InChI=1S/C9H19NOS2.Cu/c1-3-5-7-10(8-6-4-2)13-9(11)12;/h3-8H2,1-2H3,(H,11,12);. The summed E-state index contributed by atoms with van der Waals surface area (Å²) in [4.78, 5) is 10.8. The molecule has 0 spiro atoms. The molecular weight excluding hydrogens is 266 g/mol. The van der Waals surface area contributed by atoms with Gasteiger partial charge in [0.1, 0.15) is 0 Å². The van der Waals surface area contributed by atoms with Crippen molar-refractivity contribution >= 4 is 29.0 Å². The minimum atomic E-state index is -0.104. The van der Waals surface area contributed by atoms with Gasteiger partial charge in [-0.15, -0.1) is 0 Å². The number of hydrogen-bond donors (Lipinski definition) is 1. The van der Waals surface area contributed by atoms with Gasteiger partial charge in [-0.25, -0.2) is 4.31 Å². The Morgan fingerprint density at radius 3 is 1.93 bits per heavy atom. The molecule has 0 aromatic heterocycles. The number of rotatable bonds is 7. The monoisotopic (exact) mass is 284 g/mol. The normalized spacial score (nSPS) is 10.0. The van der Waals surface area contributed by atoms with Crippen LogP contribution in [-0.4, -0.2) is 21.8 Å². The number of hydrogen-bond acceptors (Lipinski definition) is 3. The summed E-state index contributed by atoms with van der Waals surface area (Å²) in [5, 5.41) is 0. The van der Waals surface area contributed by atoms with E-state index in [9.17, 15) is 4.79 Å². The van der Waals surface area contributed by atoms with Crippen molar-refractivity contribution in [2.75, 3.05) is 13.1 Å². The average Bonchev–Trinajstić information content (AvgIpc) is 2.09. The molecule has 14 heavy (non-hydrogen) atoms. The van der Waals surface area contributed by atoms with Crippen LogP contribution in [-0.2, 0) is 17.1 Å². The number of nitrogens with zero attached hydrogens (tertiary/aromatic N) is 1. The second-order valence-corrected chi connectivity index (χ2v) is 4.77. The first kappa shape index (κ1) is 17.3. The van der Waals surface area contributed by atoms with Crippen LogP contribution in [0.4, 0.5) is 4.79 Å². The Morgan fingerprint density at radius 1 is 1.21 bits per heavy atom. The summed E-state index contributed by atoms with van der Waals surface area (Å²) >= 11 is 5.00. The summed E-state index contributed by atoms with van der Waals surface area (Å²) in [6, 6.07) is 0. The van der Waals surface area contributed by atoms with Gasteiger partial charge in [-0.3, -0.25) is 4.79 Å². The molecule has 2 nitrogen and oxygen atoms in total. The zero-order valence-electron chi connectivity index (χ0n) is 8.76. The van der Waals surface area contributed by atoms with E-state index in [-0.39, 0.29) is 21.5 Å². The minimum absolute atomic E-state index is 0. The van der Waals surface area contributed by atoms with Crippen LogP contribution in [0.1, 0.15) is 39.5 Å². The maximum atomic E-state index is 10.8. The Balaban J connectivity index is 0. The van der Waals surface area contributed by atoms with Crippen molar-refractivity contribution in [2.24, 2.45) is 0 Å². The van der Waals surface area contributed by atoms with Gasteiger partial charge in [0, 0.05) is 42.1 Å². The summed E-state index contributed by atoms with van der Waals surface area (Å²) in [5.41, 5.74) is 0. The molecule has 0 aliphatic heterocycles. The van der Waals surface area contributed by atoms with Crippen molar-refractivity contribution in [1.29, 1.82) is 0 Å². The van der Waals surface area contributed by atoms with Crippen LogP contribution in [0.3, 0.4) is 0 Å². The first-order valence-electron chi connectivity index (χ1n) is 4.86. The molecule has 1 radical (unpaired) electrons. The summed E-state index contributed by atoms with van der Waals surface area (Å²) in [7, 11) is 0. The second-order valence-electron chi connectivity index (χ2n) is 2.99. The number of carbonyl (C=O) groups excluding carboxylic acids is 1. The third kappa shape index (κ3) is 10.9. The average molecular weight is 285 g/mol. The summed E-state index contributed by atoms with van der Waals surface area (Å²) in [5.74, 6) is 0. The third-order valence-electron chi connectivity index (χ3n) is 1.73. The van der Waals surface area contributed by atoms with Crippen LogP contribution >= 0.6 is 24.6 Å². The van der Waals surface area contributed by atoms with E-state index in [1.807, 2.05) is 0 Å². The predicted molar refractivity (Wildman–Crippen MR) is 63.4 cm³/mol. The van der Waals surface area contributed by atoms with Gasteiger partial charge in [0.25, 0.3) is 4.45 Å². The van der Waals surface area contributed by atoms with E-state index < -0.39 is 0 Å². The maximum absolute atomic E-state index is 10.8. The predicted octanol–water partition coefficient (Wildman–Crippen LogP) is 3.58. The molecule has 0 bridgehead atoms. The van der Waals surface area contributed by atoms with Crippen molar-refractivity contribution in [3.8, 4) is 0 Å². The first-order chi connectivity index (χ1) is 6.20. The molecule has 0 fully saturated rings. The van der Waals surface area contributed by atoms with Crippen molar-refractivity contribution in [3.63, 3.8) is 0 Å². The van der Waals surface area contributed by atoms with Gasteiger partial charge in [0.2, 0.25) is 0 Å². The molecule has 89 valence electrons. The molecule has 0 N–H and O–H groups in total. The van der Waals surface area contributed by atoms with Crippen LogP contribution in [0.2, 0.25) is 0 Å². The molecule has 0 heterocycles. The van der Waals surface area contributed by atoms with Gasteiger partial charge in [-0.05, 0) is 12.8 Å². The quantitative estimate of drug-likeness (QED) is 0.438. The number of carbonyl (C=O) groups is 1. The number of unbranched alkanes of at least 4 members (excludes halogenated alkanes) is 2. The van der Waals surface area contributed by atoms with Gasteiger partial charge in [0.05, 0.1) is 0 Å². The Labute approximate surface area is 108 Å². The van der Waals surface area contributed by atoms with Gasteiger partial charge in [-0.2, -0.15) is 0 Å². The van der Waals surface area contributed by atoms with Gasteiger partial charge in [-0.1, -0.05) is 39.3 Å². The Morgan fingerprint density at radius 2 is 1.64 bits per heavy atom. The Hall–Kier alpha value is 0.849. The fourth-order valence-electron chi connectivity index (χ4n) is 0.982. The van der Waals surface area contributed by atoms with Crippen LogP contribution in [0.25, 0.3) is 0 Å². The molecule has 0 aromatic carbocycles. The molecule has 0 aromatic rings. The Bertz CT molecular complexity index is 139. The van der Waals surface area contributed by atoms with Crippen molar-refractivity contribution in [2.45, 2.75) is 39.5 Å². The zero-order chi connectivity index (χ0) is 10.1. The molecule has 0 amide bonds. The van der Waals surface area contributed by atoms with Crippen LogP contribution in [0.5, 0.6) is 0 Å². The third-order valence-corrected chi connectivity index (χ3v) is 2.75. The van der Waals surface area contributed by atoms with Crippen LogP contribution in [0.15, 0.2) is 0 Å². The molecule has 5 heteroatoms. The van der Waals surface area contributed by atoms with E-state index >= 15 is 0 Å². The van der Waals surface area contributed by atoms with E-state index in [4.69, 9.17) is 0 Å². The molecule has 0 atom stereocenters. The number of thiol groups is 1. The minimum Gasteiger partial charge on any atom is -0.273 e. The van der Waals surface area contributed by atoms with Gasteiger partial charge < -0.3 is 0 Å². The smallest absolute Gasteiger partial charge is 0.258 e. The van der Waals surface area contributed by atoms with E-state index in [0.717, 1.165) is 25.9 Å². The molecule has 0 saturated carbocycles. The van der Waals surface area contributed by atoms with E-state index in [1.165, 1.54) is 24.8 Å². The van der Waals surface area contributed by atoms with Gasteiger partial charge in [0.15, 0.2) is 0 Å². The largest absolute Gasteiger partial charge is 0.273 e. The van der Waals surface area contributed by atoms with E-state index in [0.29, 0.717) is 0 Å². The molecule has 0 rings (SSSR count). The van der Waals surface area contributed by atoms with Crippen LogP contribution in [0, 0.1) is 0 Å². The Kier molecular flexibility index (Phi) is 14.7. The summed E-state index contributed by atoms with van der Waals surface area (Å²) in [6.45, 7) is 6.30. The first-order valence-corrected chi connectivity index (χ1v) is 6.08. The SMILES string of the molecule is CCCCN(CCCC)SC(=O)S.[Cu]. The van der Waals surface area contributed by atoms with Crippen LogP contribution < -0.4 is 0 Å². The van der Waals surface area contributed by atoms with Crippen molar-refractivity contribution < 1.29 is 21.9 Å². The fourth-order valence-corrected chi connectivity index (χ4v) is 1.99. The molecule has 0 aliphatic carbocycles. The zero-order valence-corrected chi connectivity index (χ0v) is 11.4. The van der Waals surface area contributed by atoms with Crippen molar-refractivity contribution in [1.82, 2.24) is 4.31 Å². The second kappa shape index (κ2) is 11.9. The molecule has 0 saturated heterocycles. The van der Waals surface area contributed by atoms with Crippen molar-refractivity contribution in [3.05, 3.63) is 0 Å².